The first-order valence-corrected chi connectivity index (χ1v) is 8.73. The van der Waals surface area contributed by atoms with Crippen LogP contribution in [0.2, 0.25) is 0 Å². The molecule has 0 aliphatic heterocycles. The maximum absolute atomic E-state index is 5.70. The minimum absolute atomic E-state index is 0.315. The van der Waals surface area contributed by atoms with E-state index in [-0.39, 0.29) is 0 Å². The predicted molar refractivity (Wildman–Crippen MR) is 86.1 cm³/mol. The number of hydrogen-bond acceptors (Lipinski definition) is 2. The Morgan fingerprint density at radius 3 is 2.20 bits per heavy atom. The highest BCUT2D eigenvalue weighted by Crippen LogP contribution is 2.44. The topological polar surface area (TPSA) is 18.5 Å². The summed E-state index contributed by atoms with van der Waals surface area (Å²) in [5.74, 6) is 0.827. The smallest absolute Gasteiger partial charge is 0.0703 e. The van der Waals surface area contributed by atoms with Gasteiger partial charge in [-0.05, 0) is 57.3 Å². The molecule has 1 fully saturated rings. The molecule has 0 aromatic heterocycles. The van der Waals surface area contributed by atoms with E-state index in [1.165, 1.54) is 51.4 Å². The molecular formula is C18H36O2. The predicted octanol–water partition coefficient (Wildman–Crippen LogP) is 5.20. The van der Waals surface area contributed by atoms with Crippen molar-refractivity contribution >= 4 is 0 Å². The van der Waals surface area contributed by atoms with E-state index < -0.39 is 0 Å². The van der Waals surface area contributed by atoms with Gasteiger partial charge in [-0.15, -0.1) is 0 Å². The molecule has 1 saturated carbocycles. The Morgan fingerprint density at radius 1 is 0.900 bits per heavy atom. The Balaban J connectivity index is 2.15. The summed E-state index contributed by atoms with van der Waals surface area (Å²) in [6, 6.07) is 0. The molecule has 0 atom stereocenters. The number of rotatable bonds is 10. The molecule has 0 aromatic rings. The molecule has 1 aliphatic carbocycles. The summed E-state index contributed by atoms with van der Waals surface area (Å²) >= 11 is 0. The minimum atomic E-state index is 0.315. The summed E-state index contributed by atoms with van der Waals surface area (Å²) in [5.41, 5.74) is 0.629. The van der Waals surface area contributed by atoms with Crippen LogP contribution in [0.1, 0.15) is 79.1 Å². The summed E-state index contributed by atoms with van der Waals surface area (Å²) in [6.45, 7) is 11.3. The van der Waals surface area contributed by atoms with Crippen molar-refractivity contribution in [3.63, 3.8) is 0 Å². The van der Waals surface area contributed by atoms with Crippen LogP contribution in [0.15, 0.2) is 0 Å². The normalized spacial score (nSPS) is 18.9. The van der Waals surface area contributed by atoms with Crippen LogP contribution in [0, 0.1) is 11.3 Å². The molecule has 0 unspecified atom stereocenters. The molecule has 0 saturated heterocycles. The minimum Gasteiger partial charge on any atom is -0.379 e. The maximum atomic E-state index is 5.70. The van der Waals surface area contributed by atoms with Gasteiger partial charge in [0.2, 0.25) is 0 Å². The molecule has 0 aromatic carbocycles. The molecule has 0 heterocycles. The van der Waals surface area contributed by atoms with Gasteiger partial charge in [-0.2, -0.15) is 0 Å². The van der Waals surface area contributed by atoms with Crippen LogP contribution < -0.4 is 0 Å². The van der Waals surface area contributed by atoms with Crippen molar-refractivity contribution in [3.05, 3.63) is 0 Å². The standard InChI is InChI=1S/C18H36O2/c1-16(2)15-18(9-6-5-7-10-18)11-8-12-19-13-14-20-17(3)4/h16-17H,5-15H2,1-4H3. The molecular weight excluding hydrogens is 248 g/mol. The van der Waals surface area contributed by atoms with Crippen molar-refractivity contribution in [2.45, 2.75) is 85.2 Å². The number of ether oxygens (including phenoxy) is 2. The van der Waals surface area contributed by atoms with Gasteiger partial charge in [-0.3, -0.25) is 0 Å². The number of hydrogen-bond donors (Lipinski definition) is 0. The molecule has 1 aliphatic rings. The van der Waals surface area contributed by atoms with Crippen LogP contribution in [0.3, 0.4) is 0 Å². The highest BCUT2D eigenvalue weighted by Gasteiger charge is 2.31. The highest BCUT2D eigenvalue weighted by atomic mass is 16.5. The summed E-state index contributed by atoms with van der Waals surface area (Å²) in [6.07, 6.45) is 11.5. The zero-order valence-electron chi connectivity index (χ0n) is 14.2. The quantitative estimate of drug-likeness (QED) is 0.513. The Kier molecular flexibility index (Phi) is 8.79. The molecule has 120 valence electrons. The van der Waals surface area contributed by atoms with Gasteiger partial charge in [0, 0.05) is 6.61 Å². The first kappa shape index (κ1) is 18.0. The van der Waals surface area contributed by atoms with Gasteiger partial charge in [0.15, 0.2) is 0 Å². The van der Waals surface area contributed by atoms with Gasteiger partial charge < -0.3 is 9.47 Å². The third-order valence-electron chi connectivity index (χ3n) is 4.43. The van der Waals surface area contributed by atoms with Gasteiger partial charge >= 0.3 is 0 Å². The fourth-order valence-electron chi connectivity index (χ4n) is 3.72. The fraction of sp³-hybridized carbons (Fsp3) is 1.00. The lowest BCUT2D eigenvalue weighted by atomic mass is 9.67. The summed E-state index contributed by atoms with van der Waals surface area (Å²) in [5, 5.41) is 0. The van der Waals surface area contributed by atoms with Gasteiger partial charge in [0.05, 0.1) is 19.3 Å². The fourth-order valence-corrected chi connectivity index (χ4v) is 3.72. The van der Waals surface area contributed by atoms with Crippen LogP contribution in [0.25, 0.3) is 0 Å². The van der Waals surface area contributed by atoms with Crippen LogP contribution in [-0.2, 0) is 9.47 Å². The van der Waals surface area contributed by atoms with Gasteiger partial charge in [-0.1, -0.05) is 33.1 Å². The second-order valence-electron chi connectivity index (χ2n) is 7.29. The molecule has 2 nitrogen and oxygen atoms in total. The van der Waals surface area contributed by atoms with Gasteiger partial charge in [-0.25, -0.2) is 0 Å². The highest BCUT2D eigenvalue weighted by molar-refractivity contribution is 4.83. The summed E-state index contributed by atoms with van der Waals surface area (Å²) < 4.78 is 11.2. The van der Waals surface area contributed by atoms with E-state index in [1.807, 2.05) is 0 Å². The SMILES string of the molecule is CC(C)CC1(CCCOCCOC(C)C)CCCCC1. The average molecular weight is 284 g/mol. The average Bonchev–Trinajstić information content (AvgIpc) is 2.37. The molecule has 0 amide bonds. The second kappa shape index (κ2) is 9.78. The third-order valence-corrected chi connectivity index (χ3v) is 4.43. The van der Waals surface area contributed by atoms with E-state index in [1.54, 1.807) is 0 Å². The van der Waals surface area contributed by atoms with E-state index in [2.05, 4.69) is 27.7 Å². The van der Waals surface area contributed by atoms with Crippen molar-refractivity contribution in [2.24, 2.45) is 11.3 Å². The Hall–Kier alpha value is -0.0800. The zero-order chi connectivity index (χ0) is 14.8. The van der Waals surface area contributed by atoms with Crippen LogP contribution in [0.5, 0.6) is 0 Å². The zero-order valence-corrected chi connectivity index (χ0v) is 14.2. The maximum Gasteiger partial charge on any atom is 0.0703 e. The molecule has 20 heavy (non-hydrogen) atoms. The van der Waals surface area contributed by atoms with Crippen molar-refractivity contribution in [3.8, 4) is 0 Å². The lowest BCUT2D eigenvalue weighted by molar-refractivity contribution is 0.0147. The first-order chi connectivity index (χ1) is 9.54. The van der Waals surface area contributed by atoms with Crippen molar-refractivity contribution in [2.75, 3.05) is 19.8 Å². The third kappa shape index (κ3) is 7.64. The van der Waals surface area contributed by atoms with E-state index in [9.17, 15) is 0 Å². The van der Waals surface area contributed by atoms with E-state index in [4.69, 9.17) is 9.47 Å². The molecule has 1 rings (SSSR count). The van der Waals surface area contributed by atoms with Gasteiger partial charge in [0.1, 0.15) is 0 Å². The van der Waals surface area contributed by atoms with Crippen LogP contribution in [-0.4, -0.2) is 25.9 Å². The molecule has 0 N–H and O–H groups in total. The summed E-state index contributed by atoms with van der Waals surface area (Å²) in [4.78, 5) is 0. The van der Waals surface area contributed by atoms with Gasteiger partial charge in [0.25, 0.3) is 0 Å². The van der Waals surface area contributed by atoms with E-state index >= 15 is 0 Å². The summed E-state index contributed by atoms with van der Waals surface area (Å²) in [7, 11) is 0. The van der Waals surface area contributed by atoms with Crippen LogP contribution >= 0.6 is 0 Å². The monoisotopic (exact) mass is 284 g/mol. The molecule has 0 spiro atoms. The lowest BCUT2D eigenvalue weighted by Gasteiger charge is -2.39. The second-order valence-corrected chi connectivity index (χ2v) is 7.29. The van der Waals surface area contributed by atoms with E-state index in [0.717, 1.165) is 25.7 Å². The Labute approximate surface area is 126 Å². The largest absolute Gasteiger partial charge is 0.379 e. The van der Waals surface area contributed by atoms with E-state index in [0.29, 0.717) is 11.5 Å². The molecule has 2 heteroatoms. The lowest BCUT2D eigenvalue weighted by Crippen LogP contribution is -2.26. The Morgan fingerprint density at radius 2 is 1.60 bits per heavy atom. The molecule has 0 radical (unpaired) electrons. The molecule has 0 bridgehead atoms. The van der Waals surface area contributed by atoms with Crippen molar-refractivity contribution < 1.29 is 9.47 Å². The first-order valence-electron chi connectivity index (χ1n) is 8.73. The van der Waals surface area contributed by atoms with Crippen LogP contribution in [0.4, 0.5) is 0 Å². The van der Waals surface area contributed by atoms with Crippen molar-refractivity contribution in [1.82, 2.24) is 0 Å². The Bertz CT molecular complexity index is 230. The van der Waals surface area contributed by atoms with Crippen molar-refractivity contribution in [1.29, 1.82) is 0 Å².